The van der Waals surface area contributed by atoms with E-state index in [9.17, 15) is 29.3 Å². The third-order valence-corrected chi connectivity index (χ3v) is 9.88. The molecule has 2 N–H and O–H groups in total. The van der Waals surface area contributed by atoms with Gasteiger partial charge >= 0.3 is 11.9 Å². The van der Waals surface area contributed by atoms with E-state index in [1.807, 2.05) is 63.7 Å². The van der Waals surface area contributed by atoms with E-state index < -0.39 is 44.7 Å². The maximum absolute atomic E-state index is 12.7. The molecular formula is C46H80NO10P. The molecule has 0 aromatic rings. The first kappa shape index (κ1) is 55.4. The average molecular weight is 838 g/mol. The third kappa shape index (κ3) is 40.2. The maximum atomic E-state index is 12.7. The summed E-state index contributed by atoms with van der Waals surface area (Å²) in [5.41, 5.74) is 0. The fraction of sp³-hybridized carbons (Fsp3) is 0.696. The Morgan fingerprint density at radius 3 is 1.86 bits per heavy atom. The standard InChI is InChI=1S/C46H80NO10P/c1-6-8-10-11-12-13-14-15-16-17-21-24-30-37-46(51)57-44(41-56-58(52,53)55-39-38-47(3,4)5)40-54-45(50)36-31-25-29-35-43(49)34-28-23-20-18-19-22-27-33-42(48)32-26-9-7-2/h9,19-20,22-23,26-29,33-35,42-44,48-49H,6-8,10-18,21,24-25,30-32,36-41H2,1-5H3/b22-19-,23-20-,26-9-,33-27+,34-28+,35-29-/t42-,43-,44-/m1/s1. The van der Waals surface area contributed by atoms with Crippen molar-refractivity contribution in [2.75, 3.05) is 47.5 Å². The van der Waals surface area contributed by atoms with E-state index in [1.54, 1.807) is 30.4 Å². The number of phosphoric acid groups is 1. The van der Waals surface area contributed by atoms with E-state index >= 15 is 0 Å². The second-order valence-corrected chi connectivity index (χ2v) is 17.1. The van der Waals surface area contributed by atoms with Crippen LogP contribution in [0.3, 0.4) is 0 Å². The Labute approximate surface area is 352 Å². The molecule has 0 aliphatic rings. The Bertz CT molecular complexity index is 1250. The lowest BCUT2D eigenvalue weighted by Gasteiger charge is -2.28. The summed E-state index contributed by atoms with van der Waals surface area (Å²) in [5, 5.41) is 20.0. The summed E-state index contributed by atoms with van der Waals surface area (Å²) >= 11 is 0. The second-order valence-electron chi connectivity index (χ2n) is 15.7. The van der Waals surface area contributed by atoms with Crippen molar-refractivity contribution in [1.29, 1.82) is 0 Å². The molecule has 0 bridgehead atoms. The molecule has 0 heterocycles. The van der Waals surface area contributed by atoms with Gasteiger partial charge in [-0.25, -0.2) is 0 Å². The first-order valence-electron chi connectivity index (χ1n) is 21.9. The van der Waals surface area contributed by atoms with Gasteiger partial charge in [0.25, 0.3) is 7.82 Å². The molecule has 334 valence electrons. The number of aliphatic hydroxyl groups is 2. The largest absolute Gasteiger partial charge is 0.756 e. The number of allylic oxidation sites excluding steroid dienone is 8. The van der Waals surface area contributed by atoms with Crippen LogP contribution in [0.25, 0.3) is 0 Å². The van der Waals surface area contributed by atoms with Crippen molar-refractivity contribution in [2.24, 2.45) is 0 Å². The van der Waals surface area contributed by atoms with Gasteiger partial charge in [0.2, 0.25) is 0 Å². The van der Waals surface area contributed by atoms with Crippen molar-refractivity contribution in [2.45, 2.75) is 161 Å². The van der Waals surface area contributed by atoms with E-state index in [-0.39, 0.29) is 26.1 Å². The molecule has 11 nitrogen and oxygen atoms in total. The summed E-state index contributed by atoms with van der Waals surface area (Å²) < 4.78 is 33.7. The molecule has 0 spiro atoms. The number of rotatable bonds is 38. The van der Waals surface area contributed by atoms with Crippen molar-refractivity contribution in [3.63, 3.8) is 0 Å². The van der Waals surface area contributed by atoms with Crippen LogP contribution < -0.4 is 4.89 Å². The van der Waals surface area contributed by atoms with Crippen molar-refractivity contribution in [1.82, 2.24) is 0 Å². The first-order chi connectivity index (χ1) is 27.8. The molecule has 0 amide bonds. The van der Waals surface area contributed by atoms with E-state index in [2.05, 4.69) is 13.8 Å². The highest BCUT2D eigenvalue weighted by Gasteiger charge is 2.21. The van der Waals surface area contributed by atoms with Gasteiger partial charge in [-0.2, -0.15) is 0 Å². The number of esters is 2. The van der Waals surface area contributed by atoms with Crippen LogP contribution in [0.2, 0.25) is 0 Å². The molecule has 58 heavy (non-hydrogen) atoms. The van der Waals surface area contributed by atoms with Gasteiger partial charge in [-0.3, -0.25) is 14.2 Å². The number of nitrogens with zero attached hydrogens (tertiary/aromatic N) is 1. The number of hydrogen-bond donors (Lipinski definition) is 2. The predicted octanol–water partition coefficient (Wildman–Crippen LogP) is 9.55. The number of aliphatic hydroxyl groups excluding tert-OH is 2. The number of phosphoric ester groups is 1. The highest BCUT2D eigenvalue weighted by atomic mass is 31.2. The molecule has 0 fully saturated rings. The minimum absolute atomic E-state index is 0.0662. The van der Waals surface area contributed by atoms with Crippen LogP contribution in [0.5, 0.6) is 0 Å². The lowest BCUT2D eigenvalue weighted by Crippen LogP contribution is -2.37. The summed E-state index contributed by atoms with van der Waals surface area (Å²) in [6, 6.07) is 0. The SMILES string of the molecule is CC/C=C\C[C@@H](O)/C=C/C=C\C/C=C\C=C\[C@@H](O)/C=C\CCCC(=O)OC[C@H](COP(=O)([O-])OCC[N+](C)(C)C)OC(=O)CCCCCCCCCCCCCCC. The third-order valence-electron chi connectivity index (χ3n) is 8.92. The van der Waals surface area contributed by atoms with Crippen molar-refractivity contribution < 1.29 is 52.3 Å². The Morgan fingerprint density at radius 2 is 1.26 bits per heavy atom. The minimum Gasteiger partial charge on any atom is -0.756 e. The van der Waals surface area contributed by atoms with Crippen LogP contribution in [-0.4, -0.2) is 92.5 Å². The number of hydrogen-bond acceptors (Lipinski definition) is 10. The Balaban J connectivity index is 4.61. The Kier molecular flexibility index (Phi) is 35.7. The fourth-order valence-corrected chi connectivity index (χ4v) is 6.18. The summed E-state index contributed by atoms with van der Waals surface area (Å²) in [7, 11) is 1.04. The Hall–Kier alpha value is -2.63. The Morgan fingerprint density at radius 1 is 0.672 bits per heavy atom. The summed E-state index contributed by atoms with van der Waals surface area (Å²) in [6.07, 6.45) is 38.6. The number of ether oxygens (including phenoxy) is 2. The summed E-state index contributed by atoms with van der Waals surface area (Å²) in [4.78, 5) is 37.5. The monoisotopic (exact) mass is 838 g/mol. The van der Waals surface area contributed by atoms with E-state index in [0.717, 1.165) is 25.7 Å². The van der Waals surface area contributed by atoms with Crippen molar-refractivity contribution in [3.8, 4) is 0 Å². The number of carbonyl (C=O) groups is 2. The molecule has 0 saturated carbocycles. The molecule has 0 radical (unpaired) electrons. The van der Waals surface area contributed by atoms with Gasteiger partial charge in [-0.1, -0.05) is 164 Å². The van der Waals surface area contributed by atoms with Gasteiger partial charge in [-0.05, 0) is 38.5 Å². The number of quaternary nitrogens is 1. The number of likely N-dealkylation sites (N-methyl/N-ethyl adjacent to an activating group) is 1. The predicted molar refractivity (Wildman–Crippen MR) is 234 cm³/mol. The normalized spacial score (nSPS) is 15.4. The van der Waals surface area contributed by atoms with Gasteiger partial charge in [0.15, 0.2) is 6.10 Å². The zero-order chi connectivity index (χ0) is 43.2. The lowest BCUT2D eigenvalue weighted by molar-refractivity contribution is -0.870. The van der Waals surface area contributed by atoms with E-state index in [0.29, 0.717) is 43.1 Å². The average Bonchev–Trinajstić information content (AvgIpc) is 3.16. The quantitative estimate of drug-likeness (QED) is 0.0154. The van der Waals surface area contributed by atoms with E-state index in [4.69, 9.17) is 18.5 Å². The number of carbonyl (C=O) groups excluding carboxylic acids is 2. The zero-order valence-electron chi connectivity index (χ0n) is 36.7. The molecule has 0 aliphatic heterocycles. The highest BCUT2D eigenvalue weighted by Crippen LogP contribution is 2.38. The van der Waals surface area contributed by atoms with Gasteiger partial charge in [0, 0.05) is 12.8 Å². The van der Waals surface area contributed by atoms with Crippen molar-refractivity contribution in [3.05, 3.63) is 72.9 Å². The molecule has 0 aliphatic carbocycles. The second kappa shape index (κ2) is 37.4. The topological polar surface area (TPSA) is 152 Å². The van der Waals surface area contributed by atoms with Gasteiger partial charge in [-0.15, -0.1) is 0 Å². The molecule has 4 atom stereocenters. The summed E-state index contributed by atoms with van der Waals surface area (Å²) in [5.74, 6) is -1.02. The molecule has 0 saturated heterocycles. The van der Waals surface area contributed by atoms with Crippen molar-refractivity contribution >= 4 is 19.8 Å². The van der Waals surface area contributed by atoms with Crippen LogP contribution in [0.4, 0.5) is 0 Å². The van der Waals surface area contributed by atoms with Crippen LogP contribution in [0, 0.1) is 0 Å². The summed E-state index contributed by atoms with van der Waals surface area (Å²) in [6.45, 7) is 3.79. The van der Waals surface area contributed by atoms with Crippen LogP contribution in [0.1, 0.15) is 142 Å². The van der Waals surface area contributed by atoms with Crippen LogP contribution >= 0.6 is 7.82 Å². The van der Waals surface area contributed by atoms with E-state index in [1.165, 1.54) is 57.8 Å². The van der Waals surface area contributed by atoms with Gasteiger partial charge in [0.05, 0.1) is 40.0 Å². The molecule has 1 unspecified atom stereocenters. The van der Waals surface area contributed by atoms with Gasteiger partial charge < -0.3 is 38.1 Å². The van der Waals surface area contributed by atoms with Crippen LogP contribution in [0.15, 0.2) is 72.9 Å². The zero-order valence-corrected chi connectivity index (χ0v) is 37.6. The lowest BCUT2D eigenvalue weighted by atomic mass is 10.0. The fourth-order valence-electron chi connectivity index (χ4n) is 5.45. The molecule has 0 aromatic carbocycles. The minimum atomic E-state index is -4.67. The maximum Gasteiger partial charge on any atom is 0.306 e. The number of unbranched alkanes of at least 4 members (excludes halogenated alkanes) is 13. The van der Waals surface area contributed by atoms with Gasteiger partial charge in [0.1, 0.15) is 19.8 Å². The molecular weight excluding hydrogens is 757 g/mol. The highest BCUT2D eigenvalue weighted by molar-refractivity contribution is 7.45. The first-order valence-corrected chi connectivity index (χ1v) is 23.3. The molecule has 0 rings (SSSR count). The molecule has 12 heteroatoms. The molecule has 0 aromatic heterocycles. The smallest absolute Gasteiger partial charge is 0.306 e. The van der Waals surface area contributed by atoms with Crippen LogP contribution in [-0.2, 0) is 32.7 Å².